The summed E-state index contributed by atoms with van der Waals surface area (Å²) in [5.74, 6) is 1.29. The van der Waals surface area contributed by atoms with Gasteiger partial charge in [-0.15, -0.1) is 0 Å². The van der Waals surface area contributed by atoms with Crippen LogP contribution in [0.5, 0.6) is 23.0 Å². The fourth-order valence-corrected chi connectivity index (χ4v) is 4.07. The fraction of sp³-hybridized carbons (Fsp3) is 0.182. The number of methoxy groups -OCH3 is 1. The van der Waals surface area contributed by atoms with Gasteiger partial charge in [0.05, 0.1) is 25.9 Å². The summed E-state index contributed by atoms with van der Waals surface area (Å²) in [6.07, 6.45) is 1.97. The molecule has 0 aromatic heterocycles. The van der Waals surface area contributed by atoms with Gasteiger partial charge in [-0.2, -0.15) is 0 Å². The molecule has 4 aromatic carbocycles. The Balaban J connectivity index is 1.40. The number of benzene rings is 4. The maximum atomic E-state index is 13.0. The molecule has 41 heavy (non-hydrogen) atoms. The molecule has 4 rings (SSSR count). The van der Waals surface area contributed by atoms with E-state index in [1.165, 1.54) is 13.2 Å². The zero-order valence-corrected chi connectivity index (χ0v) is 23.3. The van der Waals surface area contributed by atoms with Crippen molar-refractivity contribution in [2.75, 3.05) is 20.3 Å². The van der Waals surface area contributed by atoms with Crippen LogP contribution >= 0.6 is 0 Å². The Hall–Kier alpha value is -5.11. The van der Waals surface area contributed by atoms with Gasteiger partial charge in [-0.1, -0.05) is 36.4 Å². The molecule has 4 aromatic rings. The largest absolute Gasteiger partial charge is 0.493 e. The first-order chi connectivity index (χ1) is 19.8. The first-order valence-corrected chi connectivity index (χ1v) is 13.0. The van der Waals surface area contributed by atoms with Crippen LogP contribution in [0.15, 0.2) is 85.5 Å². The molecule has 8 nitrogen and oxygen atoms in total. The Labute approximate surface area is 239 Å². The van der Waals surface area contributed by atoms with Crippen LogP contribution in [0, 0.1) is 24.7 Å². The second-order valence-corrected chi connectivity index (χ2v) is 9.30. The summed E-state index contributed by atoms with van der Waals surface area (Å²) in [6, 6.07) is 21.5. The fourth-order valence-electron chi connectivity index (χ4n) is 4.07. The van der Waals surface area contributed by atoms with E-state index in [1.807, 2.05) is 56.3 Å². The van der Waals surface area contributed by atoms with E-state index >= 15 is 0 Å². The lowest BCUT2D eigenvalue weighted by atomic mass is 10.1. The summed E-state index contributed by atoms with van der Waals surface area (Å²) >= 11 is 0. The monoisotopic (exact) mass is 552 g/mol. The number of ether oxygens (including phenoxy) is 5. The highest BCUT2D eigenvalue weighted by Gasteiger charge is 2.16. The molecule has 0 fully saturated rings. The molecule has 0 aliphatic carbocycles. The first kappa shape index (κ1) is 28.9. The van der Waals surface area contributed by atoms with Crippen LogP contribution < -0.4 is 18.9 Å². The van der Waals surface area contributed by atoms with Crippen molar-refractivity contribution in [2.45, 2.75) is 20.3 Å². The number of hydrogen-bond donors (Lipinski definition) is 2. The summed E-state index contributed by atoms with van der Waals surface area (Å²) in [7, 11) is 1.47. The molecule has 0 bridgehead atoms. The second-order valence-electron chi connectivity index (χ2n) is 9.30. The smallest absolute Gasteiger partial charge is 0.343 e. The van der Waals surface area contributed by atoms with E-state index in [2.05, 4.69) is 6.58 Å². The molecule has 0 aliphatic heterocycles. The average molecular weight is 553 g/mol. The van der Waals surface area contributed by atoms with Crippen molar-refractivity contribution in [3.63, 3.8) is 0 Å². The van der Waals surface area contributed by atoms with Gasteiger partial charge in [0.25, 0.3) is 0 Å². The van der Waals surface area contributed by atoms with Crippen LogP contribution in [0.3, 0.4) is 0 Å². The van der Waals surface area contributed by atoms with Gasteiger partial charge >= 0.3 is 5.97 Å². The van der Waals surface area contributed by atoms with E-state index in [9.17, 15) is 4.79 Å². The Kier molecular flexibility index (Phi) is 9.37. The van der Waals surface area contributed by atoms with E-state index in [4.69, 9.17) is 34.5 Å². The zero-order valence-electron chi connectivity index (χ0n) is 23.3. The normalized spacial score (nSPS) is 10.5. The van der Waals surface area contributed by atoms with Crippen LogP contribution in [0.4, 0.5) is 0 Å². The van der Waals surface area contributed by atoms with Gasteiger partial charge in [0.2, 0.25) is 11.8 Å². The average Bonchev–Trinajstić information content (AvgIpc) is 2.97. The van der Waals surface area contributed by atoms with Gasteiger partial charge in [-0.25, -0.2) is 4.79 Å². The predicted molar refractivity (Wildman–Crippen MR) is 159 cm³/mol. The molecule has 0 radical (unpaired) electrons. The van der Waals surface area contributed by atoms with Crippen molar-refractivity contribution in [3.05, 3.63) is 108 Å². The molecule has 8 heteroatoms. The minimum Gasteiger partial charge on any atom is -0.493 e. The topological polar surface area (TPSA) is 111 Å². The van der Waals surface area contributed by atoms with Crippen molar-refractivity contribution in [1.29, 1.82) is 10.8 Å². The van der Waals surface area contributed by atoms with Gasteiger partial charge in [0, 0.05) is 12.0 Å². The Morgan fingerprint density at radius 3 is 2.29 bits per heavy atom. The molecular formula is C33H32N2O6. The number of carbonyl (C=O) groups excluding carboxylic acids is 1. The molecule has 0 atom stereocenters. The molecule has 0 amide bonds. The molecule has 0 aliphatic rings. The molecule has 0 saturated carbocycles. The summed E-state index contributed by atoms with van der Waals surface area (Å²) in [5.41, 5.74) is 2.90. The van der Waals surface area contributed by atoms with Crippen molar-refractivity contribution in [2.24, 2.45) is 0 Å². The van der Waals surface area contributed by atoms with E-state index in [0.29, 0.717) is 48.0 Å². The van der Waals surface area contributed by atoms with E-state index < -0.39 is 5.97 Å². The molecule has 0 heterocycles. The van der Waals surface area contributed by atoms with Gasteiger partial charge in [-0.3, -0.25) is 10.8 Å². The predicted octanol–water partition coefficient (Wildman–Crippen LogP) is 7.04. The number of nitrogens with one attached hydrogen (secondary N) is 2. The molecule has 210 valence electrons. The van der Waals surface area contributed by atoms with Gasteiger partial charge in [0.15, 0.2) is 11.5 Å². The minimum absolute atomic E-state index is 0.0412. The Bertz CT molecular complexity index is 1610. The van der Waals surface area contributed by atoms with Crippen molar-refractivity contribution in [3.8, 4) is 23.0 Å². The minimum atomic E-state index is -0.537. The quantitative estimate of drug-likeness (QED) is 0.0679. The summed E-state index contributed by atoms with van der Waals surface area (Å²) in [6.45, 7) is 8.22. The van der Waals surface area contributed by atoms with Crippen molar-refractivity contribution >= 4 is 28.5 Å². The lowest BCUT2D eigenvalue weighted by Crippen LogP contribution is -2.12. The standard InChI is InChI=1S/C33H32N2O6/c1-5-31(34)39-16-6-15-38-27-12-10-23-18-26(9-8-24(23)19-27)33(36)41-29-14-11-25(20-30(29)37-4)32(35)40-28-13-7-21(2)17-22(28)3/h5,7-14,17-20,34-35H,1,6,15-16H2,2-4H3. The van der Waals surface area contributed by atoms with Crippen LogP contribution in [-0.2, 0) is 4.74 Å². The second kappa shape index (κ2) is 13.3. The Morgan fingerprint density at radius 1 is 0.805 bits per heavy atom. The van der Waals surface area contributed by atoms with Crippen molar-refractivity contribution < 1.29 is 28.5 Å². The van der Waals surface area contributed by atoms with Crippen LogP contribution in [0.1, 0.15) is 33.5 Å². The summed E-state index contributed by atoms with van der Waals surface area (Å²) < 4.78 is 27.8. The number of esters is 1. The first-order valence-electron chi connectivity index (χ1n) is 13.0. The molecule has 2 N–H and O–H groups in total. The molecule has 0 unspecified atom stereocenters. The number of carbonyl (C=O) groups is 1. The van der Waals surface area contributed by atoms with Crippen LogP contribution in [0.2, 0.25) is 0 Å². The highest BCUT2D eigenvalue weighted by atomic mass is 16.6. The SMILES string of the molecule is C=CC(=N)OCCCOc1ccc2cc(C(=O)Oc3ccc(C(=N)Oc4ccc(C)cc4C)cc3OC)ccc2c1. The van der Waals surface area contributed by atoms with Gasteiger partial charge < -0.3 is 23.7 Å². The number of aryl methyl sites for hydroxylation is 2. The van der Waals surface area contributed by atoms with E-state index in [1.54, 1.807) is 30.3 Å². The molecule has 0 spiro atoms. The maximum Gasteiger partial charge on any atom is 0.343 e. The third-order valence-corrected chi connectivity index (χ3v) is 6.22. The molecular weight excluding hydrogens is 520 g/mol. The lowest BCUT2D eigenvalue weighted by Gasteiger charge is -2.13. The third kappa shape index (κ3) is 7.51. The maximum absolute atomic E-state index is 13.0. The van der Waals surface area contributed by atoms with Gasteiger partial charge in [0.1, 0.15) is 11.5 Å². The third-order valence-electron chi connectivity index (χ3n) is 6.22. The Morgan fingerprint density at radius 2 is 1.54 bits per heavy atom. The number of fused-ring (bicyclic) bond motifs is 1. The highest BCUT2D eigenvalue weighted by Crippen LogP contribution is 2.30. The van der Waals surface area contributed by atoms with E-state index in [-0.39, 0.29) is 17.5 Å². The van der Waals surface area contributed by atoms with Crippen LogP contribution in [0.25, 0.3) is 10.8 Å². The lowest BCUT2D eigenvalue weighted by molar-refractivity contribution is 0.0730. The van der Waals surface area contributed by atoms with E-state index in [0.717, 1.165) is 21.9 Å². The summed E-state index contributed by atoms with van der Waals surface area (Å²) in [4.78, 5) is 13.0. The summed E-state index contributed by atoms with van der Waals surface area (Å²) in [5, 5.41) is 17.6. The highest BCUT2D eigenvalue weighted by molar-refractivity contribution is 5.97. The van der Waals surface area contributed by atoms with Crippen molar-refractivity contribution in [1.82, 2.24) is 0 Å². The number of hydrogen-bond acceptors (Lipinski definition) is 8. The number of rotatable bonds is 11. The molecule has 0 saturated heterocycles. The van der Waals surface area contributed by atoms with Crippen LogP contribution in [-0.4, -0.2) is 38.1 Å². The zero-order chi connectivity index (χ0) is 29.4. The van der Waals surface area contributed by atoms with Gasteiger partial charge in [-0.05, 0) is 84.8 Å².